The number of aryl methyl sites for hydroxylation is 1. The molecule has 0 N–H and O–H groups in total. The zero-order chi connectivity index (χ0) is 15.6. The first kappa shape index (κ1) is 15.0. The molecular formula is C18H24N4O. The quantitative estimate of drug-likeness (QED) is 0.864. The summed E-state index contributed by atoms with van der Waals surface area (Å²) >= 11 is 0. The van der Waals surface area contributed by atoms with Gasteiger partial charge in [-0.3, -0.25) is 4.90 Å². The molecule has 122 valence electrons. The molecule has 1 aliphatic heterocycles. The third-order valence-electron chi connectivity index (χ3n) is 5.11. The fraction of sp³-hybridized carbons (Fsp3) is 0.611. The van der Waals surface area contributed by atoms with Gasteiger partial charge in [0.1, 0.15) is 5.52 Å². The van der Waals surface area contributed by atoms with E-state index < -0.39 is 0 Å². The summed E-state index contributed by atoms with van der Waals surface area (Å²) in [5.41, 5.74) is 4.86. The second-order valence-corrected chi connectivity index (χ2v) is 6.71. The predicted molar refractivity (Wildman–Crippen MR) is 89.5 cm³/mol. The van der Waals surface area contributed by atoms with E-state index in [1.807, 2.05) is 0 Å². The number of hydrogen-bond donors (Lipinski definition) is 0. The lowest BCUT2D eigenvalue weighted by atomic mass is 10.0. The number of aromatic nitrogens is 3. The van der Waals surface area contributed by atoms with Gasteiger partial charge in [0.15, 0.2) is 5.82 Å². The van der Waals surface area contributed by atoms with Gasteiger partial charge in [-0.25, -0.2) is 4.98 Å². The molecule has 1 aromatic heterocycles. The van der Waals surface area contributed by atoms with Gasteiger partial charge in [-0.1, -0.05) is 6.92 Å². The molecule has 5 heteroatoms. The van der Waals surface area contributed by atoms with Crippen LogP contribution in [0.2, 0.25) is 0 Å². The Hall–Kier alpha value is -1.59. The summed E-state index contributed by atoms with van der Waals surface area (Å²) < 4.78 is 5.42. The Morgan fingerprint density at radius 3 is 2.57 bits per heavy atom. The van der Waals surface area contributed by atoms with Crippen molar-refractivity contribution in [3.63, 3.8) is 0 Å². The minimum Gasteiger partial charge on any atom is -0.379 e. The van der Waals surface area contributed by atoms with Crippen LogP contribution in [0.5, 0.6) is 0 Å². The van der Waals surface area contributed by atoms with Crippen molar-refractivity contribution in [1.82, 2.24) is 20.1 Å². The molecule has 0 amide bonds. The van der Waals surface area contributed by atoms with E-state index in [1.54, 1.807) is 0 Å². The van der Waals surface area contributed by atoms with Gasteiger partial charge in [-0.2, -0.15) is 0 Å². The van der Waals surface area contributed by atoms with E-state index in [4.69, 9.17) is 4.74 Å². The summed E-state index contributed by atoms with van der Waals surface area (Å²) in [5.74, 6) is 1.59. The van der Waals surface area contributed by atoms with E-state index in [9.17, 15) is 0 Å². The van der Waals surface area contributed by atoms with Crippen LogP contribution in [-0.4, -0.2) is 52.9 Å². The lowest BCUT2D eigenvalue weighted by molar-refractivity contribution is 0.0355. The largest absolute Gasteiger partial charge is 0.379 e. The van der Waals surface area contributed by atoms with Gasteiger partial charge in [0.2, 0.25) is 0 Å². The van der Waals surface area contributed by atoms with Crippen molar-refractivity contribution in [1.29, 1.82) is 0 Å². The van der Waals surface area contributed by atoms with E-state index in [0.717, 1.165) is 55.5 Å². The monoisotopic (exact) mass is 312 g/mol. The molecule has 1 unspecified atom stereocenters. The Kier molecular flexibility index (Phi) is 4.23. The van der Waals surface area contributed by atoms with E-state index in [0.29, 0.717) is 0 Å². The van der Waals surface area contributed by atoms with Gasteiger partial charge in [0, 0.05) is 19.5 Å². The second kappa shape index (κ2) is 6.49. The number of nitrogens with zero attached hydrogens (tertiary/aromatic N) is 4. The zero-order valence-corrected chi connectivity index (χ0v) is 13.8. The Bertz CT molecular complexity index is 697. The molecule has 2 aromatic rings. The maximum Gasteiger partial charge on any atom is 0.151 e. The highest BCUT2D eigenvalue weighted by Gasteiger charge is 2.23. The first-order chi connectivity index (χ1) is 11.3. The average Bonchev–Trinajstić information content (AvgIpc) is 3.00. The summed E-state index contributed by atoms with van der Waals surface area (Å²) in [6, 6.07) is 4.45. The molecule has 4 rings (SSSR count). The van der Waals surface area contributed by atoms with E-state index in [2.05, 4.69) is 39.1 Å². The van der Waals surface area contributed by atoms with Crippen LogP contribution in [0, 0.1) is 5.92 Å². The zero-order valence-electron chi connectivity index (χ0n) is 13.8. The predicted octanol–water partition coefficient (Wildman–Crippen LogP) is 2.02. The molecule has 0 spiro atoms. The summed E-state index contributed by atoms with van der Waals surface area (Å²) in [4.78, 5) is 7.15. The van der Waals surface area contributed by atoms with Gasteiger partial charge in [0.05, 0.1) is 18.7 Å². The maximum absolute atomic E-state index is 5.42. The van der Waals surface area contributed by atoms with Gasteiger partial charge < -0.3 is 4.74 Å². The highest BCUT2D eigenvalue weighted by molar-refractivity contribution is 5.76. The minimum atomic E-state index is 0.753. The number of rotatable bonds is 4. The van der Waals surface area contributed by atoms with Crippen molar-refractivity contribution in [2.24, 2.45) is 5.92 Å². The molecule has 1 saturated heterocycles. The van der Waals surface area contributed by atoms with Crippen molar-refractivity contribution in [2.45, 2.75) is 32.6 Å². The van der Waals surface area contributed by atoms with E-state index in [1.165, 1.54) is 36.9 Å². The van der Waals surface area contributed by atoms with Crippen molar-refractivity contribution in [2.75, 3.05) is 32.8 Å². The van der Waals surface area contributed by atoms with Crippen LogP contribution in [0.25, 0.3) is 11.0 Å². The minimum absolute atomic E-state index is 0.753. The van der Waals surface area contributed by atoms with Gasteiger partial charge in [-0.15, -0.1) is 10.2 Å². The van der Waals surface area contributed by atoms with Crippen LogP contribution < -0.4 is 0 Å². The number of hydrogen-bond acceptors (Lipinski definition) is 5. The van der Waals surface area contributed by atoms with Gasteiger partial charge in [0.25, 0.3) is 0 Å². The molecule has 0 radical (unpaired) electrons. The topological polar surface area (TPSA) is 51.1 Å². The Balaban J connectivity index is 1.45. The lowest BCUT2D eigenvalue weighted by Gasteiger charge is -2.27. The van der Waals surface area contributed by atoms with Crippen molar-refractivity contribution in [3.8, 4) is 0 Å². The fourth-order valence-corrected chi connectivity index (χ4v) is 3.72. The molecular weight excluding hydrogens is 288 g/mol. The third-order valence-corrected chi connectivity index (χ3v) is 5.11. The van der Waals surface area contributed by atoms with Crippen LogP contribution in [0.15, 0.2) is 12.1 Å². The fourth-order valence-electron chi connectivity index (χ4n) is 3.72. The molecule has 2 aliphatic rings. The molecule has 2 heterocycles. The van der Waals surface area contributed by atoms with Crippen LogP contribution in [0.4, 0.5) is 0 Å². The SMILES string of the molecule is CCc1nnc2cc3c(cc2n1)CC(CCN1CCOCC1)C3. The molecule has 1 aromatic carbocycles. The van der Waals surface area contributed by atoms with Crippen LogP contribution in [-0.2, 0) is 24.0 Å². The molecule has 0 bridgehead atoms. The second-order valence-electron chi connectivity index (χ2n) is 6.71. The maximum atomic E-state index is 5.42. The molecule has 5 nitrogen and oxygen atoms in total. The van der Waals surface area contributed by atoms with Crippen LogP contribution >= 0.6 is 0 Å². The smallest absolute Gasteiger partial charge is 0.151 e. The summed E-state index contributed by atoms with van der Waals surface area (Å²) in [6.45, 7) is 7.21. The van der Waals surface area contributed by atoms with Gasteiger partial charge >= 0.3 is 0 Å². The van der Waals surface area contributed by atoms with Gasteiger partial charge in [-0.05, 0) is 55.0 Å². The lowest BCUT2D eigenvalue weighted by Crippen LogP contribution is -2.37. The Labute approximate surface area is 137 Å². The number of benzene rings is 1. The van der Waals surface area contributed by atoms with Crippen molar-refractivity contribution in [3.05, 3.63) is 29.1 Å². The molecule has 1 fully saturated rings. The Morgan fingerprint density at radius 2 is 1.83 bits per heavy atom. The Morgan fingerprint density at radius 1 is 1.09 bits per heavy atom. The van der Waals surface area contributed by atoms with Crippen molar-refractivity contribution < 1.29 is 4.74 Å². The number of ether oxygens (including phenoxy) is 1. The summed E-state index contributed by atoms with van der Waals surface area (Å²) in [7, 11) is 0. The van der Waals surface area contributed by atoms with E-state index in [-0.39, 0.29) is 0 Å². The average molecular weight is 312 g/mol. The number of fused-ring (bicyclic) bond motifs is 2. The standard InChI is InChI=1S/C18H24N4O/c1-2-18-19-16-11-14-9-13(3-4-22-5-7-23-8-6-22)10-15(14)12-17(16)20-21-18/h11-13H,2-10H2,1H3. The molecule has 23 heavy (non-hydrogen) atoms. The first-order valence-corrected chi connectivity index (χ1v) is 8.77. The molecule has 0 saturated carbocycles. The highest BCUT2D eigenvalue weighted by atomic mass is 16.5. The summed E-state index contributed by atoms with van der Waals surface area (Å²) in [6.07, 6.45) is 4.46. The van der Waals surface area contributed by atoms with Crippen molar-refractivity contribution >= 4 is 11.0 Å². The van der Waals surface area contributed by atoms with Crippen LogP contribution in [0.3, 0.4) is 0 Å². The van der Waals surface area contributed by atoms with E-state index >= 15 is 0 Å². The molecule has 1 atom stereocenters. The summed E-state index contributed by atoms with van der Waals surface area (Å²) in [5, 5.41) is 8.53. The molecule has 1 aliphatic carbocycles. The van der Waals surface area contributed by atoms with Crippen LogP contribution in [0.1, 0.15) is 30.3 Å². The third kappa shape index (κ3) is 3.21. The first-order valence-electron chi connectivity index (χ1n) is 8.77. The normalized spacial score (nSPS) is 21.7. The number of morpholine rings is 1. The highest BCUT2D eigenvalue weighted by Crippen LogP contribution is 2.31.